The van der Waals surface area contributed by atoms with Gasteiger partial charge in [-0.1, -0.05) is 36.8 Å². The Bertz CT molecular complexity index is 606. The van der Waals surface area contributed by atoms with Gasteiger partial charge >= 0.3 is 0 Å². The number of rotatable bonds is 7. The van der Waals surface area contributed by atoms with Crippen LogP contribution in [0.1, 0.15) is 45.1 Å². The molecule has 2 fully saturated rings. The lowest BCUT2D eigenvalue weighted by atomic mass is 10.0. The van der Waals surface area contributed by atoms with Crippen LogP contribution in [0.5, 0.6) is 0 Å². The molecular formula is C23H38N4O. The van der Waals surface area contributed by atoms with Crippen molar-refractivity contribution in [1.82, 2.24) is 15.1 Å². The van der Waals surface area contributed by atoms with E-state index in [4.69, 9.17) is 4.74 Å². The van der Waals surface area contributed by atoms with Gasteiger partial charge in [0.05, 0.1) is 13.2 Å². The second kappa shape index (κ2) is 10.8. The highest BCUT2D eigenvalue weighted by atomic mass is 16.5. The van der Waals surface area contributed by atoms with E-state index in [1.54, 1.807) is 0 Å². The summed E-state index contributed by atoms with van der Waals surface area (Å²) >= 11 is 0. The molecule has 0 spiro atoms. The van der Waals surface area contributed by atoms with E-state index in [0.717, 1.165) is 32.2 Å². The van der Waals surface area contributed by atoms with Crippen molar-refractivity contribution in [1.29, 1.82) is 0 Å². The third kappa shape index (κ3) is 5.95. The minimum absolute atomic E-state index is 0.541. The third-order valence-electron chi connectivity index (χ3n) is 6.24. The molecule has 0 bridgehead atoms. The fourth-order valence-corrected chi connectivity index (χ4v) is 4.54. The molecule has 3 atom stereocenters. The largest absolute Gasteiger partial charge is 0.376 e. The van der Waals surface area contributed by atoms with Crippen molar-refractivity contribution in [2.24, 2.45) is 10.9 Å². The molecule has 0 radical (unpaired) electrons. The number of likely N-dealkylation sites (tertiary alicyclic amines) is 2. The normalized spacial score (nSPS) is 25.1. The average Bonchev–Trinajstić information content (AvgIpc) is 3.18. The Hall–Kier alpha value is -1.59. The Morgan fingerprint density at radius 1 is 1.21 bits per heavy atom. The summed E-state index contributed by atoms with van der Waals surface area (Å²) < 4.78 is 5.96. The van der Waals surface area contributed by atoms with Crippen LogP contribution in [0.2, 0.25) is 0 Å². The van der Waals surface area contributed by atoms with Crippen molar-refractivity contribution in [2.75, 3.05) is 39.8 Å². The highest BCUT2D eigenvalue weighted by molar-refractivity contribution is 5.80. The predicted octanol–water partition coefficient (Wildman–Crippen LogP) is 3.36. The first-order valence-electron chi connectivity index (χ1n) is 11.0. The van der Waals surface area contributed by atoms with Gasteiger partial charge < -0.3 is 15.0 Å². The predicted molar refractivity (Wildman–Crippen MR) is 117 cm³/mol. The minimum Gasteiger partial charge on any atom is -0.376 e. The number of nitrogens with one attached hydrogen (secondary N) is 1. The van der Waals surface area contributed by atoms with E-state index in [0.29, 0.717) is 24.6 Å². The monoisotopic (exact) mass is 386 g/mol. The van der Waals surface area contributed by atoms with E-state index in [1.165, 1.54) is 37.8 Å². The third-order valence-corrected chi connectivity index (χ3v) is 6.24. The van der Waals surface area contributed by atoms with Crippen LogP contribution in [0.3, 0.4) is 0 Å². The number of ether oxygens (including phenoxy) is 1. The molecule has 156 valence electrons. The summed E-state index contributed by atoms with van der Waals surface area (Å²) in [6, 6.07) is 11.7. The van der Waals surface area contributed by atoms with Crippen LogP contribution < -0.4 is 5.32 Å². The molecule has 2 aliphatic rings. The molecule has 2 heterocycles. The molecular weight excluding hydrogens is 348 g/mol. The number of nitrogens with zero attached hydrogens (tertiary/aromatic N) is 3. The van der Waals surface area contributed by atoms with E-state index in [2.05, 4.69) is 58.2 Å². The van der Waals surface area contributed by atoms with Gasteiger partial charge in [-0.25, -0.2) is 0 Å². The van der Waals surface area contributed by atoms with Crippen LogP contribution in [-0.2, 0) is 11.3 Å². The van der Waals surface area contributed by atoms with Gasteiger partial charge in [0, 0.05) is 44.7 Å². The maximum absolute atomic E-state index is 5.96. The number of hydrogen-bond acceptors (Lipinski definition) is 3. The maximum atomic E-state index is 5.96. The number of hydrogen-bond donors (Lipinski definition) is 1. The first kappa shape index (κ1) is 21.1. The highest BCUT2D eigenvalue weighted by Gasteiger charge is 2.27. The van der Waals surface area contributed by atoms with E-state index < -0.39 is 0 Å². The lowest BCUT2D eigenvalue weighted by Gasteiger charge is -2.38. The number of benzene rings is 1. The first-order chi connectivity index (χ1) is 13.7. The van der Waals surface area contributed by atoms with E-state index in [1.807, 2.05) is 13.1 Å². The number of aliphatic imine (C=N–C) groups is 1. The second-order valence-corrected chi connectivity index (χ2v) is 8.46. The topological polar surface area (TPSA) is 40.1 Å². The van der Waals surface area contributed by atoms with Crippen molar-refractivity contribution < 1.29 is 4.74 Å². The van der Waals surface area contributed by atoms with Gasteiger partial charge in [-0.2, -0.15) is 0 Å². The van der Waals surface area contributed by atoms with Crippen molar-refractivity contribution >= 4 is 5.96 Å². The summed E-state index contributed by atoms with van der Waals surface area (Å²) in [7, 11) is 1.90. The molecule has 0 aromatic heterocycles. The molecule has 5 heteroatoms. The lowest BCUT2D eigenvalue weighted by molar-refractivity contribution is 0.0906. The van der Waals surface area contributed by atoms with Crippen molar-refractivity contribution in [3.05, 3.63) is 35.9 Å². The SMILES string of the molecule is CN=C(NCC(C)N1CCCCC1C)N1CCC(COCc2ccccc2)C1. The van der Waals surface area contributed by atoms with Gasteiger partial charge in [0.25, 0.3) is 0 Å². The zero-order valence-corrected chi connectivity index (χ0v) is 17.9. The van der Waals surface area contributed by atoms with Crippen LogP contribution in [-0.4, -0.2) is 67.7 Å². The fraction of sp³-hybridized carbons (Fsp3) is 0.696. The van der Waals surface area contributed by atoms with Gasteiger partial charge in [-0.05, 0) is 45.2 Å². The smallest absolute Gasteiger partial charge is 0.193 e. The van der Waals surface area contributed by atoms with Gasteiger partial charge in [-0.15, -0.1) is 0 Å². The van der Waals surface area contributed by atoms with Crippen LogP contribution >= 0.6 is 0 Å². The Balaban J connectivity index is 1.39. The van der Waals surface area contributed by atoms with Crippen LogP contribution in [0.25, 0.3) is 0 Å². The van der Waals surface area contributed by atoms with Crippen molar-refractivity contribution in [2.45, 2.75) is 58.2 Å². The van der Waals surface area contributed by atoms with Crippen LogP contribution in [0.4, 0.5) is 0 Å². The minimum atomic E-state index is 0.541. The summed E-state index contributed by atoms with van der Waals surface area (Å²) in [5, 5.41) is 3.62. The Morgan fingerprint density at radius 3 is 2.79 bits per heavy atom. The molecule has 2 aliphatic heterocycles. The second-order valence-electron chi connectivity index (χ2n) is 8.46. The molecule has 3 unspecified atom stereocenters. The van der Waals surface area contributed by atoms with Gasteiger partial charge in [-0.3, -0.25) is 9.89 Å². The Morgan fingerprint density at radius 2 is 2.04 bits per heavy atom. The van der Waals surface area contributed by atoms with E-state index in [9.17, 15) is 0 Å². The fourth-order valence-electron chi connectivity index (χ4n) is 4.54. The molecule has 0 aliphatic carbocycles. The maximum Gasteiger partial charge on any atom is 0.193 e. The van der Waals surface area contributed by atoms with E-state index in [-0.39, 0.29) is 0 Å². The average molecular weight is 387 g/mol. The van der Waals surface area contributed by atoms with Gasteiger partial charge in [0.2, 0.25) is 0 Å². The number of guanidine groups is 1. The van der Waals surface area contributed by atoms with Crippen molar-refractivity contribution in [3.8, 4) is 0 Å². The molecule has 3 rings (SSSR count). The number of piperidine rings is 1. The van der Waals surface area contributed by atoms with Gasteiger partial charge in [0.1, 0.15) is 0 Å². The highest BCUT2D eigenvalue weighted by Crippen LogP contribution is 2.20. The van der Waals surface area contributed by atoms with Crippen LogP contribution in [0, 0.1) is 5.92 Å². The summed E-state index contributed by atoms with van der Waals surface area (Å²) in [6.07, 6.45) is 5.21. The molecule has 1 aromatic carbocycles. The molecule has 2 saturated heterocycles. The summed E-state index contributed by atoms with van der Waals surface area (Å²) in [6.45, 7) is 10.5. The lowest BCUT2D eigenvalue weighted by Crippen LogP contribution is -2.50. The molecule has 0 amide bonds. The van der Waals surface area contributed by atoms with Crippen LogP contribution in [0.15, 0.2) is 35.3 Å². The Kier molecular flexibility index (Phi) is 8.16. The standard InChI is InChI=1S/C23H38N4O/c1-19-9-7-8-13-27(19)20(2)15-25-23(24-3)26-14-12-22(16-26)18-28-17-21-10-5-4-6-11-21/h4-6,10-11,19-20,22H,7-9,12-18H2,1-3H3,(H,24,25). The van der Waals surface area contributed by atoms with E-state index >= 15 is 0 Å². The van der Waals surface area contributed by atoms with Gasteiger partial charge in [0.15, 0.2) is 5.96 Å². The zero-order valence-electron chi connectivity index (χ0n) is 17.9. The Labute approximate surface area is 171 Å². The molecule has 28 heavy (non-hydrogen) atoms. The van der Waals surface area contributed by atoms with Crippen molar-refractivity contribution in [3.63, 3.8) is 0 Å². The molecule has 0 saturated carbocycles. The quantitative estimate of drug-likeness (QED) is 0.576. The summed E-state index contributed by atoms with van der Waals surface area (Å²) in [5.41, 5.74) is 1.25. The summed E-state index contributed by atoms with van der Waals surface area (Å²) in [4.78, 5) is 9.58. The first-order valence-corrected chi connectivity index (χ1v) is 11.0. The zero-order chi connectivity index (χ0) is 19.8. The molecule has 5 nitrogen and oxygen atoms in total. The molecule has 1 N–H and O–H groups in total. The molecule has 1 aromatic rings. The summed E-state index contributed by atoms with van der Waals surface area (Å²) in [5.74, 6) is 1.63.